The quantitative estimate of drug-likeness (QED) is 0.301. The lowest BCUT2D eigenvalue weighted by atomic mass is 10.1. The third-order valence-corrected chi connectivity index (χ3v) is 4.29. The Bertz CT molecular complexity index is 1150. The van der Waals surface area contributed by atoms with Gasteiger partial charge in [-0.15, -0.1) is 0 Å². The first-order valence-corrected chi connectivity index (χ1v) is 9.52. The van der Waals surface area contributed by atoms with Gasteiger partial charge in [-0.3, -0.25) is 9.59 Å². The summed E-state index contributed by atoms with van der Waals surface area (Å²) in [6, 6.07) is 6.90. The summed E-state index contributed by atoms with van der Waals surface area (Å²) in [7, 11) is 0. The topological polar surface area (TPSA) is 94.3 Å². The highest BCUT2D eigenvalue weighted by atomic mass is 19.4. The molecule has 0 atom stereocenters. The molecule has 0 fully saturated rings. The molecule has 0 aliphatic heterocycles. The highest BCUT2D eigenvalue weighted by Crippen LogP contribution is 2.31. The van der Waals surface area contributed by atoms with Crippen LogP contribution in [0.15, 0.2) is 47.0 Å². The Labute approximate surface area is 183 Å². The summed E-state index contributed by atoms with van der Waals surface area (Å²) in [4.78, 5) is 27.6. The highest BCUT2D eigenvalue weighted by Gasteiger charge is 2.30. The molecule has 1 heterocycles. The van der Waals surface area contributed by atoms with Gasteiger partial charge >= 0.3 is 12.1 Å². The monoisotopic (exact) mass is 469 g/mol. The van der Waals surface area contributed by atoms with Crippen molar-refractivity contribution in [3.8, 4) is 11.4 Å². The van der Waals surface area contributed by atoms with Crippen LogP contribution in [0.5, 0.6) is 0 Å². The summed E-state index contributed by atoms with van der Waals surface area (Å²) in [6.07, 6.45) is -4.45. The number of nitrogens with zero attached hydrogens (tertiary/aromatic N) is 2. The molecule has 0 aliphatic rings. The van der Waals surface area contributed by atoms with Gasteiger partial charge in [-0.25, -0.2) is 8.78 Å². The third-order valence-electron chi connectivity index (χ3n) is 4.29. The number of hydrogen-bond acceptors (Lipinski definition) is 6. The SMILES string of the molecule is O=C(CCCNC(=O)c1ccc(F)cc1F)OCc1nc(-c2cccc(C(F)(F)F)c2)no1. The lowest BCUT2D eigenvalue weighted by molar-refractivity contribution is -0.145. The van der Waals surface area contributed by atoms with Crippen LogP contribution in [0.4, 0.5) is 22.0 Å². The number of benzene rings is 2. The molecule has 0 unspecified atom stereocenters. The second-order valence-electron chi connectivity index (χ2n) is 6.73. The van der Waals surface area contributed by atoms with E-state index in [-0.39, 0.29) is 42.2 Å². The number of carbonyl (C=O) groups excluding carboxylic acids is 2. The van der Waals surface area contributed by atoms with Gasteiger partial charge in [0.2, 0.25) is 5.82 Å². The number of nitrogens with one attached hydrogen (secondary N) is 1. The molecule has 1 N–H and O–H groups in total. The summed E-state index contributed by atoms with van der Waals surface area (Å²) < 4.78 is 74.7. The Kier molecular flexibility index (Phi) is 7.36. The second kappa shape index (κ2) is 10.2. The van der Waals surface area contributed by atoms with Crippen LogP contribution in [0.2, 0.25) is 0 Å². The molecule has 0 bridgehead atoms. The molecule has 12 heteroatoms. The summed E-state index contributed by atoms with van der Waals surface area (Å²) in [5.74, 6) is -3.44. The first kappa shape index (κ1) is 23.8. The summed E-state index contributed by atoms with van der Waals surface area (Å²) >= 11 is 0. The summed E-state index contributed by atoms with van der Waals surface area (Å²) in [5, 5.41) is 5.97. The van der Waals surface area contributed by atoms with Crippen molar-refractivity contribution in [3.05, 3.63) is 71.1 Å². The van der Waals surface area contributed by atoms with E-state index in [1.807, 2.05) is 0 Å². The molecule has 1 aromatic heterocycles. The van der Waals surface area contributed by atoms with Gasteiger partial charge in [0.1, 0.15) is 11.6 Å². The molecule has 7 nitrogen and oxygen atoms in total. The molecule has 1 amide bonds. The third kappa shape index (κ3) is 6.57. The smallest absolute Gasteiger partial charge is 0.416 e. The van der Waals surface area contributed by atoms with Crippen LogP contribution in [0, 0.1) is 11.6 Å². The fourth-order valence-corrected chi connectivity index (χ4v) is 2.68. The minimum Gasteiger partial charge on any atom is -0.456 e. The number of esters is 1. The van der Waals surface area contributed by atoms with Crippen molar-refractivity contribution in [3.63, 3.8) is 0 Å². The van der Waals surface area contributed by atoms with Gasteiger partial charge in [0.05, 0.1) is 11.1 Å². The van der Waals surface area contributed by atoms with Crippen molar-refractivity contribution in [1.82, 2.24) is 15.5 Å². The molecule has 0 saturated carbocycles. The number of hydrogen-bond donors (Lipinski definition) is 1. The van der Waals surface area contributed by atoms with Crippen LogP contribution in [-0.2, 0) is 22.3 Å². The molecule has 3 rings (SSSR count). The number of rotatable bonds is 8. The largest absolute Gasteiger partial charge is 0.456 e. The van der Waals surface area contributed by atoms with E-state index in [2.05, 4.69) is 15.5 Å². The van der Waals surface area contributed by atoms with Gasteiger partial charge in [0.15, 0.2) is 6.61 Å². The van der Waals surface area contributed by atoms with E-state index in [9.17, 15) is 31.5 Å². The molecule has 174 valence electrons. The number of alkyl halides is 3. The zero-order chi connectivity index (χ0) is 24.0. The van der Waals surface area contributed by atoms with E-state index in [1.165, 1.54) is 12.1 Å². The maximum Gasteiger partial charge on any atom is 0.416 e. The average Bonchev–Trinajstić information content (AvgIpc) is 3.24. The first-order chi connectivity index (χ1) is 15.6. The Hall–Kier alpha value is -3.83. The molecule has 33 heavy (non-hydrogen) atoms. The zero-order valence-electron chi connectivity index (χ0n) is 16.8. The Morgan fingerprint density at radius 2 is 1.88 bits per heavy atom. The first-order valence-electron chi connectivity index (χ1n) is 9.52. The lowest BCUT2D eigenvalue weighted by Gasteiger charge is -2.06. The van der Waals surface area contributed by atoms with Crippen molar-refractivity contribution in [2.75, 3.05) is 6.54 Å². The molecule has 3 aromatic rings. The van der Waals surface area contributed by atoms with Crippen LogP contribution >= 0.6 is 0 Å². The number of halogens is 5. The van der Waals surface area contributed by atoms with Crippen molar-refractivity contribution < 1.29 is 40.8 Å². The Balaban J connectivity index is 1.43. The minimum absolute atomic E-state index is 0.0327. The number of aromatic nitrogens is 2. The molecular formula is C21H16F5N3O4. The zero-order valence-corrected chi connectivity index (χ0v) is 16.8. The van der Waals surface area contributed by atoms with Gasteiger partial charge in [-0.2, -0.15) is 18.2 Å². The van der Waals surface area contributed by atoms with Gasteiger partial charge in [0.25, 0.3) is 11.8 Å². The molecule has 0 spiro atoms. The Morgan fingerprint density at radius 1 is 1.09 bits per heavy atom. The van der Waals surface area contributed by atoms with Crippen LogP contribution in [0.1, 0.15) is 34.7 Å². The second-order valence-corrected chi connectivity index (χ2v) is 6.73. The van der Waals surface area contributed by atoms with Crippen LogP contribution in [-0.4, -0.2) is 28.6 Å². The normalized spacial score (nSPS) is 11.3. The van der Waals surface area contributed by atoms with Crippen molar-refractivity contribution in [2.24, 2.45) is 0 Å². The summed E-state index contributed by atoms with van der Waals surface area (Å²) in [5.41, 5.74) is -1.11. The van der Waals surface area contributed by atoms with E-state index >= 15 is 0 Å². The Morgan fingerprint density at radius 3 is 2.61 bits per heavy atom. The fourth-order valence-electron chi connectivity index (χ4n) is 2.68. The lowest BCUT2D eigenvalue weighted by Crippen LogP contribution is -2.26. The van der Waals surface area contributed by atoms with Crippen molar-refractivity contribution in [1.29, 1.82) is 0 Å². The standard InChI is InChI=1S/C21H16F5N3O4/c22-14-6-7-15(16(23)10-14)20(31)27-8-2-5-18(30)32-11-17-28-19(29-33-17)12-3-1-4-13(9-12)21(24,25)26/h1,3-4,6-7,9-10H,2,5,8,11H2,(H,27,31). The maximum absolute atomic E-state index is 13.5. The number of ether oxygens (including phenoxy) is 1. The molecule has 2 aromatic carbocycles. The van der Waals surface area contributed by atoms with Gasteiger partial charge in [0, 0.05) is 24.6 Å². The van der Waals surface area contributed by atoms with Crippen molar-refractivity contribution >= 4 is 11.9 Å². The average molecular weight is 469 g/mol. The van der Waals surface area contributed by atoms with E-state index in [4.69, 9.17) is 9.26 Å². The minimum atomic E-state index is -4.52. The summed E-state index contributed by atoms with van der Waals surface area (Å²) in [6.45, 7) is -0.358. The number of carbonyl (C=O) groups is 2. The predicted octanol–water partition coefficient (Wildman–Crippen LogP) is 4.29. The van der Waals surface area contributed by atoms with E-state index in [0.717, 1.165) is 24.3 Å². The molecule has 0 radical (unpaired) electrons. The molecular weight excluding hydrogens is 453 g/mol. The van der Waals surface area contributed by atoms with Crippen molar-refractivity contribution in [2.45, 2.75) is 25.6 Å². The van der Waals surface area contributed by atoms with Crippen LogP contribution in [0.3, 0.4) is 0 Å². The number of amides is 1. The predicted molar refractivity (Wildman–Crippen MR) is 102 cm³/mol. The van der Waals surface area contributed by atoms with E-state index in [1.54, 1.807) is 0 Å². The fraction of sp³-hybridized carbons (Fsp3) is 0.238. The van der Waals surface area contributed by atoms with Gasteiger partial charge in [-0.05, 0) is 30.7 Å². The van der Waals surface area contributed by atoms with E-state index < -0.39 is 41.9 Å². The van der Waals surface area contributed by atoms with Crippen LogP contribution < -0.4 is 5.32 Å². The van der Waals surface area contributed by atoms with E-state index in [0.29, 0.717) is 6.07 Å². The maximum atomic E-state index is 13.5. The highest BCUT2D eigenvalue weighted by molar-refractivity contribution is 5.94. The van der Waals surface area contributed by atoms with Gasteiger partial charge < -0.3 is 14.6 Å². The molecule has 0 aliphatic carbocycles. The molecule has 0 saturated heterocycles. The van der Waals surface area contributed by atoms with Crippen LogP contribution in [0.25, 0.3) is 11.4 Å². The van der Waals surface area contributed by atoms with Gasteiger partial charge in [-0.1, -0.05) is 17.3 Å².